The van der Waals surface area contributed by atoms with Crippen LogP contribution in [0.5, 0.6) is 17.4 Å². The zero-order valence-corrected chi connectivity index (χ0v) is 29.8. The number of rotatable bonds is 10. The lowest BCUT2D eigenvalue weighted by Crippen LogP contribution is -2.48. The quantitative estimate of drug-likeness (QED) is 0.153. The number of fused-ring (bicyclic) bond motifs is 1. The largest absolute Gasteiger partial charge is 0.484 e. The van der Waals surface area contributed by atoms with E-state index in [-0.39, 0.29) is 43.2 Å². The second-order valence-corrected chi connectivity index (χ2v) is 14.6. The molecule has 0 unspecified atom stereocenters. The molecule has 0 saturated carbocycles. The number of aromatic nitrogens is 2. The standard InChI is InChI=1S/C34H29Cl3F3N5O5S/c1-43-29-17-26(50-31-9-5-24(18-41-31)42-51(47,48)32-27(36)15-23(35)16-28(32)37)8-4-22(29)14-30(43)33(46)45-12-10-44(11-13-45)19-21-2-6-25(7-3-21)49-20-34(38,39)40/h2-9,14-18,42H,10-13,19-20H2,1H3. The molecule has 1 aliphatic heterocycles. The van der Waals surface area contributed by atoms with Crippen LogP contribution in [-0.2, 0) is 23.6 Å². The number of sulfonamides is 1. The van der Waals surface area contributed by atoms with Crippen molar-refractivity contribution >= 4 is 67.3 Å². The Hall–Kier alpha value is -4.21. The van der Waals surface area contributed by atoms with Crippen LogP contribution in [0.4, 0.5) is 18.9 Å². The van der Waals surface area contributed by atoms with E-state index < -0.39 is 22.8 Å². The van der Waals surface area contributed by atoms with Gasteiger partial charge in [-0.3, -0.25) is 14.4 Å². The van der Waals surface area contributed by atoms with Crippen molar-refractivity contribution in [1.82, 2.24) is 19.4 Å². The molecule has 17 heteroatoms. The maximum Gasteiger partial charge on any atom is 0.422 e. The van der Waals surface area contributed by atoms with Gasteiger partial charge in [-0.2, -0.15) is 13.2 Å². The van der Waals surface area contributed by atoms with Gasteiger partial charge >= 0.3 is 6.18 Å². The lowest BCUT2D eigenvalue weighted by molar-refractivity contribution is -0.153. The number of benzene rings is 3. The molecule has 1 saturated heterocycles. The molecule has 1 fully saturated rings. The van der Waals surface area contributed by atoms with E-state index in [1.54, 1.807) is 40.8 Å². The summed E-state index contributed by atoms with van der Waals surface area (Å²) < 4.78 is 78.0. The number of pyridine rings is 1. The number of nitrogens with one attached hydrogen (secondary N) is 1. The topological polar surface area (TPSA) is 106 Å². The first-order valence-corrected chi connectivity index (χ1v) is 18.0. The number of carbonyl (C=O) groups excluding carboxylic acids is 1. The average molecular weight is 783 g/mol. The number of amides is 1. The minimum atomic E-state index is -4.39. The highest BCUT2D eigenvalue weighted by molar-refractivity contribution is 7.93. The highest BCUT2D eigenvalue weighted by Gasteiger charge is 2.29. The van der Waals surface area contributed by atoms with Crippen molar-refractivity contribution in [3.05, 3.63) is 105 Å². The molecule has 0 bridgehead atoms. The molecule has 0 spiro atoms. The summed E-state index contributed by atoms with van der Waals surface area (Å²) in [5.41, 5.74) is 2.36. The molecule has 3 heterocycles. The van der Waals surface area contributed by atoms with Crippen LogP contribution in [0.2, 0.25) is 15.1 Å². The number of carbonyl (C=O) groups is 1. The summed E-state index contributed by atoms with van der Waals surface area (Å²) in [6, 6.07) is 19.2. The van der Waals surface area contributed by atoms with Gasteiger partial charge in [0, 0.05) is 62.3 Å². The number of aryl methyl sites for hydroxylation is 1. The Morgan fingerprint density at radius 2 is 1.57 bits per heavy atom. The van der Waals surface area contributed by atoms with Crippen molar-refractivity contribution < 1.29 is 35.9 Å². The van der Waals surface area contributed by atoms with Gasteiger partial charge in [0.2, 0.25) is 5.88 Å². The SMILES string of the molecule is Cn1c(C(=O)N2CCN(Cc3ccc(OCC(F)(F)F)cc3)CC2)cc2ccc(Oc3ccc(NS(=O)(=O)c4c(Cl)cc(Cl)cc4Cl)cn3)cc21. The second kappa shape index (κ2) is 14.8. The number of piperazine rings is 1. The Balaban J connectivity index is 1.05. The Kier molecular flexibility index (Phi) is 10.6. The van der Waals surface area contributed by atoms with E-state index in [4.69, 9.17) is 44.3 Å². The number of hydrogen-bond donors (Lipinski definition) is 1. The van der Waals surface area contributed by atoms with Crippen LogP contribution in [-0.4, -0.2) is 72.6 Å². The highest BCUT2D eigenvalue weighted by atomic mass is 35.5. The van der Waals surface area contributed by atoms with Gasteiger partial charge in [0.15, 0.2) is 6.61 Å². The Bertz CT molecular complexity index is 2150. The molecule has 1 aliphatic rings. The Morgan fingerprint density at radius 3 is 2.20 bits per heavy atom. The molecule has 268 valence electrons. The van der Waals surface area contributed by atoms with Gasteiger partial charge in [0.1, 0.15) is 22.1 Å². The smallest absolute Gasteiger partial charge is 0.422 e. The molecule has 0 aliphatic carbocycles. The van der Waals surface area contributed by atoms with E-state index in [0.717, 1.165) is 16.5 Å². The van der Waals surface area contributed by atoms with Crippen LogP contribution in [0.15, 0.2) is 83.9 Å². The van der Waals surface area contributed by atoms with Crippen molar-refractivity contribution in [3.8, 4) is 17.4 Å². The van der Waals surface area contributed by atoms with Crippen LogP contribution in [0.1, 0.15) is 16.1 Å². The second-order valence-electron chi connectivity index (χ2n) is 11.7. The number of anilines is 1. The van der Waals surface area contributed by atoms with E-state index in [9.17, 15) is 26.4 Å². The average Bonchev–Trinajstić information content (AvgIpc) is 3.39. The molecule has 6 rings (SSSR count). The van der Waals surface area contributed by atoms with Crippen molar-refractivity contribution in [1.29, 1.82) is 0 Å². The van der Waals surface area contributed by atoms with Crippen molar-refractivity contribution in [2.45, 2.75) is 17.6 Å². The predicted octanol–water partition coefficient (Wildman–Crippen LogP) is 8.03. The molecule has 0 radical (unpaired) electrons. The monoisotopic (exact) mass is 781 g/mol. The fraction of sp³-hybridized carbons (Fsp3) is 0.235. The molecule has 2 aromatic heterocycles. The summed E-state index contributed by atoms with van der Waals surface area (Å²) in [7, 11) is -2.35. The van der Waals surface area contributed by atoms with Gasteiger partial charge in [0.05, 0.1) is 27.4 Å². The fourth-order valence-corrected chi connectivity index (χ4v) is 8.17. The minimum absolute atomic E-state index is 0.108. The summed E-state index contributed by atoms with van der Waals surface area (Å²) in [5, 5.41) is 0.782. The van der Waals surface area contributed by atoms with Crippen LogP contribution in [0, 0.1) is 0 Å². The van der Waals surface area contributed by atoms with Crippen molar-refractivity contribution in [2.75, 3.05) is 37.5 Å². The van der Waals surface area contributed by atoms with Crippen LogP contribution < -0.4 is 14.2 Å². The predicted molar refractivity (Wildman–Crippen MR) is 189 cm³/mol. The third-order valence-corrected chi connectivity index (χ3v) is 10.6. The third-order valence-electron chi connectivity index (χ3n) is 8.07. The lowest BCUT2D eigenvalue weighted by atomic mass is 10.2. The molecule has 3 aromatic carbocycles. The highest BCUT2D eigenvalue weighted by Crippen LogP contribution is 2.34. The van der Waals surface area contributed by atoms with Crippen molar-refractivity contribution in [2.24, 2.45) is 7.05 Å². The normalized spacial score (nSPS) is 14.1. The van der Waals surface area contributed by atoms with E-state index in [1.165, 1.54) is 42.6 Å². The van der Waals surface area contributed by atoms with Gasteiger partial charge in [-0.1, -0.05) is 46.9 Å². The maximum atomic E-state index is 13.6. The number of nitrogens with zero attached hydrogens (tertiary/aromatic N) is 4. The van der Waals surface area contributed by atoms with Gasteiger partial charge < -0.3 is 18.9 Å². The molecule has 51 heavy (non-hydrogen) atoms. The molecule has 5 aromatic rings. The summed E-state index contributed by atoms with van der Waals surface area (Å²) in [4.78, 5) is 21.4. The summed E-state index contributed by atoms with van der Waals surface area (Å²) in [5.74, 6) is 0.705. The number of ether oxygens (including phenoxy) is 2. The van der Waals surface area contributed by atoms with Crippen molar-refractivity contribution in [3.63, 3.8) is 0 Å². The summed E-state index contributed by atoms with van der Waals surface area (Å²) in [6.45, 7) is 1.55. The number of alkyl halides is 3. The third kappa shape index (κ3) is 8.82. The first-order valence-electron chi connectivity index (χ1n) is 15.4. The van der Waals surface area contributed by atoms with Crippen LogP contribution in [0.25, 0.3) is 10.9 Å². The van der Waals surface area contributed by atoms with E-state index in [1.807, 2.05) is 12.1 Å². The zero-order chi connectivity index (χ0) is 36.5. The van der Waals surface area contributed by atoms with E-state index in [0.29, 0.717) is 44.2 Å². The Labute approximate surface area is 306 Å². The molecular formula is C34H29Cl3F3N5O5S. The van der Waals surface area contributed by atoms with Gasteiger partial charge in [-0.05, 0) is 54.1 Å². The molecule has 0 atom stereocenters. The van der Waals surface area contributed by atoms with Gasteiger partial charge in [-0.25, -0.2) is 13.4 Å². The van der Waals surface area contributed by atoms with Gasteiger partial charge in [0.25, 0.3) is 15.9 Å². The molecular weight excluding hydrogens is 754 g/mol. The number of halogens is 6. The summed E-state index contributed by atoms with van der Waals surface area (Å²) >= 11 is 18.1. The number of hydrogen-bond acceptors (Lipinski definition) is 7. The molecule has 1 N–H and O–H groups in total. The van der Waals surface area contributed by atoms with E-state index >= 15 is 0 Å². The minimum Gasteiger partial charge on any atom is -0.484 e. The first-order chi connectivity index (χ1) is 24.1. The maximum absolute atomic E-state index is 13.6. The zero-order valence-electron chi connectivity index (χ0n) is 26.8. The van der Waals surface area contributed by atoms with Gasteiger partial charge in [-0.15, -0.1) is 0 Å². The molecule has 10 nitrogen and oxygen atoms in total. The fourth-order valence-electron chi connectivity index (χ4n) is 5.58. The first kappa shape index (κ1) is 36.6. The summed E-state index contributed by atoms with van der Waals surface area (Å²) in [6.07, 6.45) is -3.11. The molecule has 1 amide bonds. The van der Waals surface area contributed by atoms with Crippen LogP contribution >= 0.6 is 34.8 Å². The Morgan fingerprint density at radius 1 is 0.902 bits per heavy atom. The van der Waals surface area contributed by atoms with E-state index in [2.05, 4.69) is 14.6 Å². The lowest BCUT2D eigenvalue weighted by Gasteiger charge is -2.34. The van der Waals surface area contributed by atoms with Crippen LogP contribution in [0.3, 0.4) is 0 Å².